The van der Waals surface area contributed by atoms with Crippen LogP contribution in [0.25, 0.3) is 0 Å². The zero-order chi connectivity index (χ0) is 19.0. The number of nitrogens with zero attached hydrogens (tertiary/aromatic N) is 4. The predicted octanol–water partition coefficient (Wildman–Crippen LogP) is 2.30. The molecular formula is C20H24N4O2. The molecule has 0 saturated carbocycles. The van der Waals surface area contributed by atoms with Gasteiger partial charge in [0.1, 0.15) is 11.9 Å². The van der Waals surface area contributed by atoms with Crippen molar-refractivity contribution in [3.63, 3.8) is 0 Å². The summed E-state index contributed by atoms with van der Waals surface area (Å²) in [6, 6.07) is 8.31. The Balaban J connectivity index is 2.25. The highest BCUT2D eigenvalue weighted by molar-refractivity contribution is 5.56. The number of rotatable bonds is 2. The lowest BCUT2D eigenvalue weighted by Gasteiger charge is -2.39. The van der Waals surface area contributed by atoms with Gasteiger partial charge in [-0.15, -0.1) is 0 Å². The monoisotopic (exact) mass is 352 g/mol. The van der Waals surface area contributed by atoms with Gasteiger partial charge in [0, 0.05) is 20.6 Å². The molecule has 1 aliphatic heterocycles. The topological polar surface area (TPSA) is 71.0 Å². The zero-order valence-electron chi connectivity index (χ0n) is 15.7. The van der Waals surface area contributed by atoms with Gasteiger partial charge >= 0.3 is 5.69 Å². The van der Waals surface area contributed by atoms with Crippen LogP contribution in [0.4, 0.5) is 5.82 Å². The van der Waals surface area contributed by atoms with Crippen LogP contribution in [-0.4, -0.2) is 15.7 Å². The Morgan fingerprint density at radius 1 is 1.12 bits per heavy atom. The molecule has 3 rings (SSSR count). The van der Waals surface area contributed by atoms with Gasteiger partial charge in [-0.05, 0) is 49.8 Å². The first-order valence-corrected chi connectivity index (χ1v) is 8.91. The third-order valence-electron chi connectivity index (χ3n) is 5.53. The molecule has 2 aromatic rings. The molecule has 0 radical (unpaired) electrons. The molecular weight excluding hydrogens is 328 g/mol. The van der Waals surface area contributed by atoms with Gasteiger partial charge in [-0.2, -0.15) is 5.26 Å². The third kappa shape index (κ3) is 2.74. The third-order valence-corrected chi connectivity index (χ3v) is 5.53. The van der Waals surface area contributed by atoms with Crippen LogP contribution in [0.3, 0.4) is 0 Å². The molecule has 0 amide bonds. The van der Waals surface area contributed by atoms with E-state index in [0.717, 1.165) is 23.8 Å². The van der Waals surface area contributed by atoms with E-state index in [9.17, 15) is 14.9 Å². The Bertz CT molecular complexity index is 1010. The van der Waals surface area contributed by atoms with Crippen molar-refractivity contribution in [2.45, 2.75) is 39.2 Å². The van der Waals surface area contributed by atoms with Crippen LogP contribution in [0, 0.1) is 25.2 Å². The van der Waals surface area contributed by atoms with Crippen LogP contribution in [0.1, 0.15) is 47.6 Å². The molecule has 1 fully saturated rings. The van der Waals surface area contributed by atoms with Gasteiger partial charge in [-0.1, -0.05) is 18.2 Å². The molecule has 1 saturated heterocycles. The molecule has 26 heavy (non-hydrogen) atoms. The van der Waals surface area contributed by atoms with E-state index < -0.39 is 11.2 Å². The van der Waals surface area contributed by atoms with Crippen molar-refractivity contribution in [3.05, 3.63) is 61.3 Å². The summed E-state index contributed by atoms with van der Waals surface area (Å²) >= 11 is 0. The van der Waals surface area contributed by atoms with Gasteiger partial charge in [0.25, 0.3) is 5.56 Å². The Morgan fingerprint density at radius 2 is 1.85 bits per heavy atom. The van der Waals surface area contributed by atoms with Gasteiger partial charge in [0.15, 0.2) is 5.56 Å². The van der Waals surface area contributed by atoms with E-state index in [-0.39, 0.29) is 11.6 Å². The lowest BCUT2D eigenvalue weighted by atomic mass is 9.90. The van der Waals surface area contributed by atoms with Crippen LogP contribution < -0.4 is 16.1 Å². The van der Waals surface area contributed by atoms with Crippen molar-refractivity contribution < 1.29 is 0 Å². The SMILES string of the molecule is Cc1cccc(C2CCCCN2c2c(C#N)c(=O)n(C)c(=O)n2C)c1C. The first kappa shape index (κ1) is 18.0. The van der Waals surface area contributed by atoms with Gasteiger partial charge in [-0.25, -0.2) is 4.79 Å². The van der Waals surface area contributed by atoms with Crippen molar-refractivity contribution in [2.75, 3.05) is 11.4 Å². The van der Waals surface area contributed by atoms with E-state index in [1.165, 1.54) is 28.3 Å². The average Bonchev–Trinajstić information content (AvgIpc) is 2.65. The van der Waals surface area contributed by atoms with E-state index in [2.05, 4.69) is 30.9 Å². The number of aryl methyl sites for hydroxylation is 1. The molecule has 1 aromatic carbocycles. The molecule has 1 aliphatic rings. The summed E-state index contributed by atoms with van der Waals surface area (Å²) in [5.74, 6) is 0.436. The van der Waals surface area contributed by atoms with Crippen LogP contribution in [0.15, 0.2) is 27.8 Å². The summed E-state index contributed by atoms with van der Waals surface area (Å²) in [4.78, 5) is 27.1. The van der Waals surface area contributed by atoms with Crippen LogP contribution >= 0.6 is 0 Å². The molecule has 136 valence electrons. The van der Waals surface area contributed by atoms with Gasteiger partial charge in [0.2, 0.25) is 0 Å². The van der Waals surface area contributed by atoms with Crippen molar-refractivity contribution >= 4 is 5.82 Å². The Labute approximate surface area is 152 Å². The number of anilines is 1. The first-order chi connectivity index (χ1) is 12.4. The Kier molecular flexibility index (Phi) is 4.73. The fourth-order valence-corrected chi connectivity index (χ4v) is 3.91. The van der Waals surface area contributed by atoms with Gasteiger partial charge < -0.3 is 4.90 Å². The fourth-order valence-electron chi connectivity index (χ4n) is 3.91. The number of aromatic nitrogens is 2. The Morgan fingerprint density at radius 3 is 2.54 bits per heavy atom. The number of hydrogen-bond acceptors (Lipinski definition) is 4. The molecule has 6 nitrogen and oxygen atoms in total. The van der Waals surface area contributed by atoms with E-state index in [1.807, 2.05) is 12.1 Å². The summed E-state index contributed by atoms with van der Waals surface area (Å²) in [5, 5.41) is 9.62. The van der Waals surface area contributed by atoms with E-state index in [0.29, 0.717) is 12.4 Å². The van der Waals surface area contributed by atoms with Gasteiger partial charge in [-0.3, -0.25) is 13.9 Å². The highest BCUT2D eigenvalue weighted by atomic mass is 16.2. The molecule has 0 N–H and O–H groups in total. The Hall–Kier alpha value is -2.81. The standard InChI is InChI=1S/C20H24N4O2/c1-13-8-7-9-15(14(13)2)17-10-5-6-11-24(17)18-16(12-21)19(25)23(4)20(26)22(18)3/h7-9,17H,5-6,10-11H2,1-4H3. The summed E-state index contributed by atoms with van der Waals surface area (Å²) in [5.41, 5.74) is 2.72. The van der Waals surface area contributed by atoms with Crippen molar-refractivity contribution in [3.8, 4) is 6.07 Å². The minimum Gasteiger partial charge on any atom is -0.350 e. The second-order valence-corrected chi connectivity index (χ2v) is 7.01. The predicted molar refractivity (Wildman–Crippen MR) is 101 cm³/mol. The van der Waals surface area contributed by atoms with E-state index in [4.69, 9.17) is 0 Å². The summed E-state index contributed by atoms with van der Waals surface area (Å²) < 4.78 is 2.43. The van der Waals surface area contributed by atoms with Crippen LogP contribution in [0.5, 0.6) is 0 Å². The maximum absolute atomic E-state index is 12.5. The first-order valence-electron chi connectivity index (χ1n) is 8.91. The van der Waals surface area contributed by atoms with E-state index >= 15 is 0 Å². The number of benzene rings is 1. The molecule has 6 heteroatoms. The second kappa shape index (κ2) is 6.83. The highest BCUT2D eigenvalue weighted by Crippen LogP contribution is 2.37. The lowest BCUT2D eigenvalue weighted by molar-refractivity contribution is 0.458. The molecule has 0 aliphatic carbocycles. The number of nitriles is 1. The number of piperidine rings is 1. The molecule has 0 bridgehead atoms. The molecule has 1 unspecified atom stereocenters. The van der Waals surface area contributed by atoms with Crippen LogP contribution in [-0.2, 0) is 14.1 Å². The maximum atomic E-state index is 12.5. The summed E-state index contributed by atoms with van der Waals surface area (Å²) in [6.07, 6.45) is 2.98. The minimum atomic E-state index is -0.532. The van der Waals surface area contributed by atoms with Crippen LogP contribution in [0.2, 0.25) is 0 Å². The fraction of sp³-hybridized carbons (Fsp3) is 0.450. The highest BCUT2D eigenvalue weighted by Gasteiger charge is 2.30. The lowest BCUT2D eigenvalue weighted by Crippen LogP contribution is -2.45. The summed E-state index contributed by atoms with van der Waals surface area (Å²) in [6.45, 7) is 4.90. The van der Waals surface area contributed by atoms with E-state index in [1.54, 1.807) is 7.05 Å². The molecule has 2 heterocycles. The maximum Gasteiger partial charge on any atom is 0.332 e. The second-order valence-electron chi connectivity index (χ2n) is 7.01. The van der Waals surface area contributed by atoms with Crippen molar-refractivity contribution in [1.29, 1.82) is 5.26 Å². The number of hydrogen-bond donors (Lipinski definition) is 0. The average molecular weight is 352 g/mol. The normalized spacial score (nSPS) is 17.2. The van der Waals surface area contributed by atoms with Crippen molar-refractivity contribution in [2.24, 2.45) is 14.1 Å². The zero-order valence-corrected chi connectivity index (χ0v) is 15.7. The largest absolute Gasteiger partial charge is 0.350 e. The molecule has 1 aromatic heterocycles. The minimum absolute atomic E-state index is 0.0341. The molecule has 1 atom stereocenters. The smallest absolute Gasteiger partial charge is 0.332 e. The quantitative estimate of drug-likeness (QED) is 0.831. The van der Waals surface area contributed by atoms with Crippen molar-refractivity contribution in [1.82, 2.24) is 9.13 Å². The molecule has 0 spiro atoms. The summed E-state index contributed by atoms with van der Waals surface area (Å²) in [7, 11) is 3.04. The van der Waals surface area contributed by atoms with Gasteiger partial charge in [0.05, 0.1) is 6.04 Å².